The Bertz CT molecular complexity index is 844. The Morgan fingerprint density at radius 2 is 1.94 bits per heavy atom. The second-order valence-electron chi connectivity index (χ2n) is 13.4. The van der Waals surface area contributed by atoms with Crippen LogP contribution in [0.5, 0.6) is 0 Å². The van der Waals surface area contributed by atoms with Crippen molar-refractivity contribution >= 4 is 5.97 Å². The standard InChI is InChI=1S/C29H45NO3/c1-17-8-13-29(30-16-17)18(2)26-25(33-29)15-24-22-7-6-20-14-21(32-19(3)31)9-11-27(20,4)23(22)10-12-28(24,26)5/h6,17-18,21-26,30H,7-16H2,1-5H3/t17-,18-,21+,22-,23+,24+,25+,26+,27+,28+,29+/m1/s1. The van der Waals surface area contributed by atoms with E-state index >= 15 is 0 Å². The molecule has 1 spiro atoms. The van der Waals surface area contributed by atoms with Crippen LogP contribution in [0.1, 0.15) is 92.4 Å². The van der Waals surface area contributed by atoms with Gasteiger partial charge in [-0.15, -0.1) is 0 Å². The third-order valence-electron chi connectivity index (χ3n) is 11.9. The van der Waals surface area contributed by atoms with Crippen LogP contribution in [0.15, 0.2) is 11.6 Å². The van der Waals surface area contributed by atoms with E-state index in [-0.39, 0.29) is 17.8 Å². The van der Waals surface area contributed by atoms with Gasteiger partial charge in [0.2, 0.25) is 0 Å². The Kier molecular flexibility index (Phi) is 5.18. The second kappa shape index (κ2) is 7.56. The van der Waals surface area contributed by atoms with Gasteiger partial charge in [-0.05, 0) is 91.8 Å². The van der Waals surface area contributed by atoms with Gasteiger partial charge in [-0.2, -0.15) is 0 Å². The minimum Gasteiger partial charge on any atom is -0.462 e. The molecule has 2 heterocycles. The number of nitrogens with one attached hydrogen (secondary N) is 1. The van der Waals surface area contributed by atoms with E-state index in [4.69, 9.17) is 9.47 Å². The van der Waals surface area contributed by atoms with Crippen LogP contribution in [-0.2, 0) is 14.3 Å². The number of allylic oxidation sites excluding steroid dienone is 1. The third-order valence-corrected chi connectivity index (χ3v) is 11.9. The van der Waals surface area contributed by atoms with Crippen LogP contribution in [-0.4, -0.2) is 30.4 Å². The number of hydrogen-bond acceptors (Lipinski definition) is 4. The number of rotatable bonds is 1. The third kappa shape index (κ3) is 3.18. The molecule has 2 aliphatic heterocycles. The number of esters is 1. The Balaban J connectivity index is 1.24. The van der Waals surface area contributed by atoms with Crippen molar-refractivity contribution in [1.82, 2.24) is 5.32 Å². The maximum Gasteiger partial charge on any atom is 0.302 e. The lowest BCUT2D eigenvalue weighted by Gasteiger charge is -2.58. The first-order chi connectivity index (χ1) is 15.7. The van der Waals surface area contributed by atoms with Crippen LogP contribution in [0.3, 0.4) is 0 Å². The molecule has 0 unspecified atom stereocenters. The van der Waals surface area contributed by atoms with Crippen molar-refractivity contribution in [1.29, 1.82) is 0 Å². The van der Waals surface area contributed by atoms with Crippen molar-refractivity contribution in [3.05, 3.63) is 11.6 Å². The van der Waals surface area contributed by atoms with Gasteiger partial charge in [-0.1, -0.05) is 39.3 Å². The van der Waals surface area contributed by atoms with Crippen molar-refractivity contribution in [3.63, 3.8) is 0 Å². The zero-order valence-corrected chi connectivity index (χ0v) is 21.5. The largest absolute Gasteiger partial charge is 0.462 e. The number of piperidine rings is 1. The van der Waals surface area contributed by atoms with E-state index in [9.17, 15) is 4.79 Å². The van der Waals surface area contributed by atoms with Gasteiger partial charge in [0.05, 0.1) is 6.10 Å². The molecule has 5 fully saturated rings. The van der Waals surface area contributed by atoms with Crippen molar-refractivity contribution in [2.45, 2.75) is 110 Å². The average Bonchev–Trinajstić information content (AvgIpc) is 3.21. The van der Waals surface area contributed by atoms with E-state index in [1.165, 1.54) is 44.9 Å². The molecule has 0 radical (unpaired) electrons. The highest BCUT2D eigenvalue weighted by atomic mass is 16.5. The van der Waals surface area contributed by atoms with E-state index in [1.54, 1.807) is 12.5 Å². The molecular weight excluding hydrogens is 410 g/mol. The first-order valence-corrected chi connectivity index (χ1v) is 14.0. The minimum atomic E-state index is -0.127. The van der Waals surface area contributed by atoms with E-state index in [1.807, 2.05) is 0 Å². The van der Waals surface area contributed by atoms with Gasteiger partial charge < -0.3 is 9.47 Å². The lowest BCUT2D eigenvalue weighted by Crippen LogP contribution is -2.57. The molecule has 3 saturated carbocycles. The first kappa shape index (κ1) is 22.6. The van der Waals surface area contributed by atoms with Crippen LogP contribution >= 0.6 is 0 Å². The van der Waals surface area contributed by atoms with E-state index in [0.29, 0.717) is 28.8 Å². The molecule has 0 bridgehead atoms. The van der Waals surface area contributed by atoms with Gasteiger partial charge in [0, 0.05) is 25.8 Å². The second-order valence-corrected chi connectivity index (χ2v) is 13.4. The summed E-state index contributed by atoms with van der Waals surface area (Å²) in [6.45, 7) is 12.7. The Hall–Kier alpha value is -0.870. The summed E-state index contributed by atoms with van der Waals surface area (Å²) in [5.41, 5.74) is 2.24. The molecular formula is C29H45NO3. The molecule has 2 saturated heterocycles. The Morgan fingerprint density at radius 1 is 1.12 bits per heavy atom. The van der Waals surface area contributed by atoms with E-state index < -0.39 is 0 Å². The fraction of sp³-hybridized carbons (Fsp3) is 0.897. The summed E-state index contributed by atoms with van der Waals surface area (Å²) in [5, 5.41) is 3.88. The van der Waals surface area contributed by atoms with Gasteiger partial charge in [0.15, 0.2) is 0 Å². The molecule has 33 heavy (non-hydrogen) atoms. The van der Waals surface area contributed by atoms with Crippen LogP contribution in [0.2, 0.25) is 0 Å². The summed E-state index contributed by atoms with van der Waals surface area (Å²) in [5.74, 6) is 4.30. The molecule has 4 aliphatic carbocycles. The fourth-order valence-corrected chi connectivity index (χ4v) is 10.2. The van der Waals surface area contributed by atoms with Crippen LogP contribution in [0.25, 0.3) is 0 Å². The summed E-state index contributed by atoms with van der Waals surface area (Å²) >= 11 is 0. The molecule has 0 amide bonds. The molecule has 6 rings (SSSR count). The van der Waals surface area contributed by atoms with Crippen LogP contribution < -0.4 is 5.32 Å². The van der Waals surface area contributed by atoms with E-state index in [0.717, 1.165) is 43.1 Å². The normalized spacial score (nSPS) is 55.2. The molecule has 184 valence electrons. The lowest BCUT2D eigenvalue weighted by atomic mass is 9.47. The summed E-state index contributed by atoms with van der Waals surface area (Å²) in [6.07, 6.45) is 13.9. The predicted octanol–water partition coefficient (Wildman–Crippen LogP) is 5.86. The fourth-order valence-electron chi connectivity index (χ4n) is 10.2. The SMILES string of the molecule is CC(=O)O[C@H]1CC[C@@]2(C)C(=CC[C@H]3[C@@H]4C[C@@H]5O[C@@]6(CC[C@@H](C)CN6)[C@H](C)[C@@H]5[C@@]4(C)CC[C@@H]32)C1. The minimum absolute atomic E-state index is 0.0621. The maximum absolute atomic E-state index is 11.5. The average molecular weight is 456 g/mol. The number of fused-ring (bicyclic) bond motifs is 7. The lowest BCUT2D eigenvalue weighted by molar-refractivity contribution is -0.148. The number of carbonyl (C=O) groups is 1. The summed E-state index contributed by atoms with van der Waals surface area (Å²) in [6, 6.07) is 0. The summed E-state index contributed by atoms with van der Waals surface area (Å²) in [7, 11) is 0. The Labute approximate surface area is 200 Å². The predicted molar refractivity (Wildman–Crippen MR) is 129 cm³/mol. The number of carbonyl (C=O) groups excluding carboxylic acids is 1. The Morgan fingerprint density at radius 3 is 2.67 bits per heavy atom. The highest BCUT2D eigenvalue weighted by Gasteiger charge is 2.68. The molecule has 1 N–H and O–H groups in total. The van der Waals surface area contributed by atoms with Gasteiger partial charge in [-0.3, -0.25) is 10.1 Å². The van der Waals surface area contributed by atoms with Crippen molar-refractivity contribution < 1.29 is 14.3 Å². The maximum atomic E-state index is 11.5. The van der Waals surface area contributed by atoms with E-state index in [2.05, 4.69) is 39.1 Å². The molecule has 0 aromatic heterocycles. The molecule has 11 atom stereocenters. The molecule has 6 aliphatic rings. The number of hydrogen-bond donors (Lipinski definition) is 1. The molecule has 4 nitrogen and oxygen atoms in total. The van der Waals surface area contributed by atoms with Gasteiger partial charge in [0.1, 0.15) is 11.8 Å². The van der Waals surface area contributed by atoms with Gasteiger partial charge in [0.25, 0.3) is 0 Å². The highest BCUT2D eigenvalue weighted by Crippen LogP contribution is 2.70. The smallest absolute Gasteiger partial charge is 0.302 e. The topological polar surface area (TPSA) is 47.6 Å². The van der Waals surface area contributed by atoms with Crippen LogP contribution in [0, 0.1) is 46.3 Å². The summed E-state index contributed by atoms with van der Waals surface area (Å²) < 4.78 is 12.6. The quantitative estimate of drug-likeness (QED) is 0.397. The van der Waals surface area contributed by atoms with Gasteiger partial charge in [-0.25, -0.2) is 0 Å². The number of ether oxygens (including phenoxy) is 2. The molecule has 4 heteroatoms. The van der Waals surface area contributed by atoms with Crippen molar-refractivity contribution in [3.8, 4) is 0 Å². The van der Waals surface area contributed by atoms with Crippen molar-refractivity contribution in [2.24, 2.45) is 46.3 Å². The molecule has 0 aromatic carbocycles. The monoisotopic (exact) mass is 455 g/mol. The van der Waals surface area contributed by atoms with Gasteiger partial charge >= 0.3 is 5.97 Å². The zero-order valence-electron chi connectivity index (χ0n) is 21.5. The highest BCUT2D eigenvalue weighted by molar-refractivity contribution is 5.66. The summed E-state index contributed by atoms with van der Waals surface area (Å²) in [4.78, 5) is 11.5. The first-order valence-electron chi connectivity index (χ1n) is 14.0. The van der Waals surface area contributed by atoms with Crippen molar-refractivity contribution in [2.75, 3.05) is 6.54 Å². The zero-order chi connectivity index (χ0) is 23.2. The van der Waals surface area contributed by atoms with Crippen LogP contribution in [0.4, 0.5) is 0 Å². The molecule has 0 aromatic rings.